The van der Waals surface area contributed by atoms with E-state index in [1.165, 1.54) is 6.07 Å². The first-order valence-electron chi connectivity index (χ1n) is 13.5. The lowest BCUT2D eigenvalue weighted by Crippen LogP contribution is -2.36. The highest BCUT2D eigenvalue weighted by atomic mass is 19.4. The summed E-state index contributed by atoms with van der Waals surface area (Å²) in [5.41, 5.74) is 0.682. The second kappa shape index (κ2) is 14.2. The Balaban J connectivity index is 0.00000207. The number of aromatic nitrogens is 4. The van der Waals surface area contributed by atoms with Crippen LogP contribution in [0.25, 0.3) is 17.2 Å². The molecule has 0 spiro atoms. The van der Waals surface area contributed by atoms with E-state index in [9.17, 15) is 18.0 Å². The van der Waals surface area contributed by atoms with Crippen LogP contribution in [0.5, 0.6) is 0 Å². The van der Waals surface area contributed by atoms with Crippen molar-refractivity contribution in [2.24, 2.45) is 0 Å². The normalized spacial score (nSPS) is 13.0. The number of nitrogens with one attached hydrogen (secondary N) is 3. The van der Waals surface area contributed by atoms with Crippen LogP contribution in [-0.2, 0) is 10.9 Å². The highest BCUT2D eigenvalue weighted by Gasteiger charge is 2.32. The zero-order valence-electron chi connectivity index (χ0n) is 23.4. The van der Waals surface area contributed by atoms with E-state index in [0.717, 1.165) is 25.1 Å². The van der Waals surface area contributed by atoms with Crippen molar-refractivity contribution < 1.29 is 22.7 Å². The molecule has 43 heavy (non-hydrogen) atoms. The summed E-state index contributed by atoms with van der Waals surface area (Å²) in [4.78, 5) is 27.9. The average molecular weight is 593 g/mol. The molecule has 2 amide bonds. The summed E-state index contributed by atoms with van der Waals surface area (Å²) >= 11 is 0. The van der Waals surface area contributed by atoms with Gasteiger partial charge in [0.1, 0.15) is 11.6 Å². The van der Waals surface area contributed by atoms with Gasteiger partial charge in [0, 0.05) is 60.9 Å². The predicted octanol–water partition coefficient (Wildman–Crippen LogP) is 5.90. The van der Waals surface area contributed by atoms with E-state index in [1.54, 1.807) is 52.3 Å². The molecule has 0 atom stereocenters. The van der Waals surface area contributed by atoms with Gasteiger partial charge in [0.25, 0.3) is 0 Å². The quantitative estimate of drug-likeness (QED) is 0.219. The van der Waals surface area contributed by atoms with Crippen LogP contribution in [0.3, 0.4) is 0 Å². The van der Waals surface area contributed by atoms with E-state index in [0.29, 0.717) is 60.8 Å². The maximum absolute atomic E-state index is 13.6. The summed E-state index contributed by atoms with van der Waals surface area (Å²) in [6.07, 6.45) is 9.43. The number of urea groups is 1. The molecule has 2 aromatic carbocycles. The molecule has 13 heteroatoms. The fourth-order valence-electron chi connectivity index (χ4n) is 4.39. The van der Waals surface area contributed by atoms with Crippen LogP contribution in [-0.4, -0.2) is 58.4 Å². The molecule has 1 aliphatic rings. The number of anilines is 4. The van der Waals surface area contributed by atoms with Gasteiger partial charge in [-0.2, -0.15) is 18.2 Å². The van der Waals surface area contributed by atoms with Crippen molar-refractivity contribution in [3.8, 4) is 30.1 Å². The summed E-state index contributed by atoms with van der Waals surface area (Å²) in [7, 11) is 0. The largest absolute Gasteiger partial charge is 0.416 e. The maximum Gasteiger partial charge on any atom is 0.416 e. The third-order valence-electron chi connectivity index (χ3n) is 6.32. The molecule has 4 aromatic rings. The minimum absolute atomic E-state index is 0.0294. The Hall–Kier alpha value is -5.09. The maximum atomic E-state index is 13.6. The molecule has 0 saturated carbocycles. The Kier molecular flexibility index (Phi) is 10.2. The standard InChI is InChI=1S/C28H29F3N8O2.C2H2/c1-2-7-33-26-34-8-6-24(37-26)39-10-9-32-25(39)19-4-3-5-21(15-19)35-27(40)36-22-16-20(28(29,30)31)17-23(18-22)38-11-13-41-14-12-38;1-2/h3-6,8-10,15-18H,2,7,11-14H2,1H3,(H,33,34,37)(H2,35,36,40);1-2H. The first kappa shape index (κ1) is 30.9. The molecule has 0 bridgehead atoms. The van der Waals surface area contributed by atoms with Crippen molar-refractivity contribution in [3.05, 3.63) is 72.7 Å². The molecule has 0 radical (unpaired) electrons. The van der Waals surface area contributed by atoms with Crippen LogP contribution in [0, 0.1) is 12.8 Å². The molecule has 224 valence electrons. The fourth-order valence-corrected chi connectivity index (χ4v) is 4.39. The van der Waals surface area contributed by atoms with Crippen LogP contribution >= 0.6 is 0 Å². The van der Waals surface area contributed by atoms with Gasteiger partial charge in [0.15, 0.2) is 0 Å². The van der Waals surface area contributed by atoms with E-state index in [2.05, 4.69) is 50.7 Å². The molecule has 0 aliphatic carbocycles. The van der Waals surface area contributed by atoms with Gasteiger partial charge in [0.2, 0.25) is 5.95 Å². The summed E-state index contributed by atoms with van der Waals surface area (Å²) in [6.45, 7) is 4.55. The number of alkyl halides is 3. The summed E-state index contributed by atoms with van der Waals surface area (Å²) in [5.74, 6) is 1.70. The second-order valence-electron chi connectivity index (χ2n) is 9.31. The van der Waals surface area contributed by atoms with Gasteiger partial charge < -0.3 is 25.6 Å². The van der Waals surface area contributed by atoms with Gasteiger partial charge in [0.05, 0.1) is 18.8 Å². The van der Waals surface area contributed by atoms with E-state index < -0.39 is 17.8 Å². The topological polar surface area (TPSA) is 109 Å². The molecule has 10 nitrogen and oxygen atoms in total. The van der Waals surface area contributed by atoms with Gasteiger partial charge in [-0.05, 0) is 42.8 Å². The zero-order chi connectivity index (χ0) is 30.8. The molecule has 1 aliphatic heterocycles. The first-order chi connectivity index (χ1) is 20.8. The minimum atomic E-state index is -4.57. The number of ether oxygens (including phenoxy) is 1. The molecule has 1 saturated heterocycles. The zero-order valence-corrected chi connectivity index (χ0v) is 23.4. The number of nitrogens with zero attached hydrogens (tertiary/aromatic N) is 5. The third-order valence-corrected chi connectivity index (χ3v) is 6.32. The molecule has 3 heterocycles. The number of halogens is 3. The Bertz CT molecular complexity index is 1550. The number of carbonyl (C=O) groups is 1. The van der Waals surface area contributed by atoms with Crippen LogP contribution < -0.4 is 20.9 Å². The van der Waals surface area contributed by atoms with Crippen LogP contribution in [0.1, 0.15) is 18.9 Å². The number of rotatable bonds is 8. The Morgan fingerprint density at radius 1 is 1.00 bits per heavy atom. The number of carbonyl (C=O) groups excluding carboxylic acids is 1. The number of amides is 2. The van der Waals surface area contributed by atoms with Gasteiger partial charge in [-0.15, -0.1) is 12.8 Å². The monoisotopic (exact) mass is 592 g/mol. The van der Waals surface area contributed by atoms with E-state index in [4.69, 9.17) is 4.74 Å². The molecule has 2 aromatic heterocycles. The Morgan fingerprint density at radius 3 is 2.51 bits per heavy atom. The number of hydrogen-bond donors (Lipinski definition) is 3. The van der Waals surface area contributed by atoms with Crippen molar-refractivity contribution in [2.75, 3.05) is 53.7 Å². The SMILES string of the molecule is C#C.CCCNc1nccc(-n2ccnc2-c2cccc(NC(=O)Nc3cc(N4CCOCC4)cc(C(F)(F)F)c3)c2)n1. The van der Waals surface area contributed by atoms with Gasteiger partial charge in [-0.1, -0.05) is 19.1 Å². The highest BCUT2D eigenvalue weighted by molar-refractivity contribution is 6.00. The van der Waals surface area contributed by atoms with Crippen LogP contribution in [0.15, 0.2) is 67.1 Å². The lowest BCUT2D eigenvalue weighted by molar-refractivity contribution is -0.137. The smallest absolute Gasteiger partial charge is 0.378 e. The van der Waals surface area contributed by atoms with Crippen molar-refractivity contribution in [2.45, 2.75) is 19.5 Å². The molecular weight excluding hydrogens is 561 g/mol. The van der Waals surface area contributed by atoms with Crippen molar-refractivity contribution >= 4 is 29.0 Å². The lowest BCUT2D eigenvalue weighted by Gasteiger charge is -2.29. The van der Waals surface area contributed by atoms with E-state index >= 15 is 0 Å². The van der Waals surface area contributed by atoms with E-state index in [1.807, 2.05) is 6.07 Å². The summed E-state index contributed by atoms with van der Waals surface area (Å²) < 4.78 is 48.0. The van der Waals surface area contributed by atoms with Crippen molar-refractivity contribution in [1.29, 1.82) is 0 Å². The number of hydrogen-bond acceptors (Lipinski definition) is 7. The fraction of sp³-hybridized carbons (Fsp3) is 0.267. The summed E-state index contributed by atoms with van der Waals surface area (Å²) in [6, 6.07) is 11.6. The number of morpholine rings is 1. The number of imidazole rings is 1. The first-order valence-corrected chi connectivity index (χ1v) is 13.5. The Labute approximate surface area is 247 Å². The highest BCUT2D eigenvalue weighted by Crippen LogP contribution is 2.35. The molecule has 5 rings (SSSR count). The van der Waals surface area contributed by atoms with Crippen LogP contribution in [0.2, 0.25) is 0 Å². The molecular formula is C30H31F3N8O2. The van der Waals surface area contributed by atoms with Gasteiger partial charge in [-0.25, -0.2) is 14.8 Å². The predicted molar refractivity (Wildman–Crippen MR) is 160 cm³/mol. The molecule has 0 unspecified atom stereocenters. The van der Waals surface area contributed by atoms with Gasteiger partial charge >= 0.3 is 12.2 Å². The van der Waals surface area contributed by atoms with Crippen molar-refractivity contribution in [1.82, 2.24) is 19.5 Å². The number of benzene rings is 2. The van der Waals surface area contributed by atoms with Crippen LogP contribution in [0.4, 0.5) is 41.0 Å². The minimum Gasteiger partial charge on any atom is -0.378 e. The third kappa shape index (κ3) is 8.02. The molecule has 3 N–H and O–H groups in total. The second-order valence-corrected chi connectivity index (χ2v) is 9.31. The van der Waals surface area contributed by atoms with E-state index in [-0.39, 0.29) is 5.69 Å². The average Bonchev–Trinajstić information content (AvgIpc) is 3.51. The number of terminal acetylenes is 1. The molecule has 1 fully saturated rings. The van der Waals surface area contributed by atoms with Gasteiger partial charge in [-0.3, -0.25) is 4.57 Å². The summed E-state index contributed by atoms with van der Waals surface area (Å²) in [5, 5.41) is 8.41. The lowest BCUT2D eigenvalue weighted by atomic mass is 10.1. The van der Waals surface area contributed by atoms with Crippen molar-refractivity contribution in [3.63, 3.8) is 0 Å². The Morgan fingerprint density at radius 2 is 1.77 bits per heavy atom.